The molecule has 0 aliphatic rings. The molecule has 0 saturated carbocycles. The van der Waals surface area contributed by atoms with Crippen LogP contribution in [0.25, 0.3) is 0 Å². The van der Waals surface area contributed by atoms with Gasteiger partial charge in [-0.1, -0.05) is 229 Å². The lowest BCUT2D eigenvalue weighted by Gasteiger charge is -2.18. The van der Waals surface area contributed by atoms with E-state index in [9.17, 15) is 14.4 Å². The number of hydrogen-bond donors (Lipinski definition) is 0. The number of carbonyl (C=O) groups is 3. The predicted octanol–water partition coefficient (Wildman–Crippen LogP) is 19.3. The minimum Gasteiger partial charge on any atom is -0.462 e. The van der Waals surface area contributed by atoms with E-state index in [1.165, 1.54) is 0 Å². The van der Waals surface area contributed by atoms with E-state index in [1.54, 1.807) is 6.08 Å². The second-order valence-electron chi connectivity index (χ2n) is 17.7. The van der Waals surface area contributed by atoms with Crippen LogP contribution in [-0.4, -0.2) is 37.2 Å². The van der Waals surface area contributed by atoms with Gasteiger partial charge in [-0.15, -0.1) is 0 Å². The van der Waals surface area contributed by atoms with Gasteiger partial charge in [-0.3, -0.25) is 14.4 Å². The van der Waals surface area contributed by atoms with Crippen molar-refractivity contribution in [3.8, 4) is 0 Å². The van der Waals surface area contributed by atoms with Crippen molar-refractivity contribution in [1.29, 1.82) is 0 Å². The van der Waals surface area contributed by atoms with Gasteiger partial charge in [-0.25, -0.2) is 0 Å². The molecule has 0 fully saturated rings. The summed E-state index contributed by atoms with van der Waals surface area (Å²) in [5, 5.41) is 0. The Kier molecular flexibility index (Phi) is 54.6. The third-order valence-electron chi connectivity index (χ3n) is 10.9. The third-order valence-corrected chi connectivity index (χ3v) is 10.9. The summed E-state index contributed by atoms with van der Waals surface area (Å²) < 4.78 is 16.7. The smallest absolute Gasteiger partial charge is 0.310 e. The number of allylic oxidation sites excluding steroid dienone is 29. The van der Waals surface area contributed by atoms with Crippen LogP contribution in [0.2, 0.25) is 0 Å². The minimum atomic E-state index is -0.863. The fraction of sp³-hybridized carbons (Fsp3) is 0.507. The first-order valence-corrected chi connectivity index (χ1v) is 28.3. The number of rotatable bonds is 48. The summed E-state index contributed by atoms with van der Waals surface area (Å²) in [5.41, 5.74) is 0. The van der Waals surface area contributed by atoms with Gasteiger partial charge in [0.15, 0.2) is 6.10 Å². The zero-order valence-electron chi connectivity index (χ0n) is 46.1. The Morgan fingerprint density at radius 1 is 0.288 bits per heavy atom. The van der Waals surface area contributed by atoms with Crippen molar-refractivity contribution >= 4 is 17.9 Å². The summed E-state index contributed by atoms with van der Waals surface area (Å²) in [6, 6.07) is 0. The summed E-state index contributed by atoms with van der Waals surface area (Å²) in [5.74, 6) is -1.14. The first-order valence-electron chi connectivity index (χ1n) is 28.3. The molecule has 0 aromatic heterocycles. The van der Waals surface area contributed by atoms with Crippen LogP contribution in [0.4, 0.5) is 0 Å². The van der Waals surface area contributed by atoms with E-state index in [-0.39, 0.29) is 31.6 Å². The second kappa shape index (κ2) is 59.1. The van der Waals surface area contributed by atoms with Crippen LogP contribution in [0.3, 0.4) is 0 Å². The molecular weight excluding hydrogens is 901 g/mol. The second-order valence-corrected chi connectivity index (χ2v) is 17.7. The van der Waals surface area contributed by atoms with Gasteiger partial charge in [0.25, 0.3) is 0 Å². The van der Waals surface area contributed by atoms with Gasteiger partial charge in [0.2, 0.25) is 0 Å². The monoisotopic (exact) mass is 1000 g/mol. The molecule has 1 atom stereocenters. The predicted molar refractivity (Wildman–Crippen MR) is 315 cm³/mol. The van der Waals surface area contributed by atoms with E-state index in [2.05, 4.69) is 191 Å². The summed E-state index contributed by atoms with van der Waals surface area (Å²) >= 11 is 0. The molecule has 1 unspecified atom stereocenters. The van der Waals surface area contributed by atoms with Gasteiger partial charge < -0.3 is 14.2 Å². The zero-order chi connectivity index (χ0) is 52.9. The lowest BCUT2D eigenvalue weighted by atomic mass is 10.1. The van der Waals surface area contributed by atoms with Gasteiger partial charge in [0, 0.05) is 12.8 Å². The standard InChI is InChI=1S/C67H100O6/c1-4-7-10-13-16-19-22-25-27-28-29-30-31-32-33-34-35-36-37-38-40-42-45-48-51-54-57-60-66(69)72-63-64(62-71-65(68)59-56-53-50-47-44-41-24-21-18-15-12-9-6-3)73-67(70)61-58-55-52-49-46-43-39-26-23-20-17-14-11-8-5-2/h7-12,16-21,25-27,29-30,32-33,35-36,38-41,44,46,49,55,58,64H,4-6,13-15,22-24,28,31,34,37,42-43,45,47-48,50-54,56-57,59-63H2,1-3H3/b10-7-,11-8-,12-9-,19-16-,20-17-,21-18-,27-25-,30-29-,33-32-,36-35-,39-26-,40-38-,44-41-,49-46-,58-55-. The van der Waals surface area contributed by atoms with Crippen molar-refractivity contribution in [3.63, 3.8) is 0 Å². The molecule has 73 heavy (non-hydrogen) atoms. The van der Waals surface area contributed by atoms with Crippen LogP contribution >= 0.6 is 0 Å². The Labute approximate surface area is 446 Å². The van der Waals surface area contributed by atoms with Crippen molar-refractivity contribution in [2.75, 3.05) is 13.2 Å². The molecule has 0 heterocycles. The summed E-state index contributed by atoms with van der Waals surface area (Å²) in [7, 11) is 0. The quantitative estimate of drug-likeness (QED) is 0.0262. The van der Waals surface area contributed by atoms with Crippen LogP contribution < -0.4 is 0 Å². The molecule has 0 aromatic rings. The Hall–Kier alpha value is -5.49. The Morgan fingerprint density at radius 3 is 0.849 bits per heavy atom. The van der Waals surface area contributed by atoms with E-state index >= 15 is 0 Å². The normalized spacial score (nSPS) is 13.5. The number of unbranched alkanes of at least 4 members (excludes halogenated alkanes) is 8. The van der Waals surface area contributed by atoms with E-state index in [0.717, 1.165) is 154 Å². The molecule has 6 nitrogen and oxygen atoms in total. The maximum atomic E-state index is 12.8. The Bertz CT molecular complexity index is 1770. The van der Waals surface area contributed by atoms with E-state index in [4.69, 9.17) is 14.2 Å². The molecule has 0 aliphatic carbocycles. The average molecular weight is 1000 g/mol. The van der Waals surface area contributed by atoms with E-state index < -0.39 is 12.1 Å². The van der Waals surface area contributed by atoms with Crippen LogP contribution in [0.15, 0.2) is 182 Å². The van der Waals surface area contributed by atoms with Crippen molar-refractivity contribution in [2.45, 2.75) is 207 Å². The maximum absolute atomic E-state index is 12.8. The van der Waals surface area contributed by atoms with Gasteiger partial charge >= 0.3 is 17.9 Å². The number of hydrogen-bond acceptors (Lipinski definition) is 6. The van der Waals surface area contributed by atoms with E-state index in [0.29, 0.717) is 19.3 Å². The minimum absolute atomic E-state index is 0.0756. The first kappa shape index (κ1) is 67.5. The highest BCUT2D eigenvalue weighted by Gasteiger charge is 2.19. The first-order chi connectivity index (χ1) is 36.0. The van der Waals surface area contributed by atoms with Crippen LogP contribution in [-0.2, 0) is 28.6 Å². The molecule has 404 valence electrons. The largest absolute Gasteiger partial charge is 0.462 e. The molecule has 0 aromatic carbocycles. The maximum Gasteiger partial charge on any atom is 0.310 e. The van der Waals surface area contributed by atoms with Crippen LogP contribution in [0, 0.1) is 0 Å². The lowest BCUT2D eigenvalue weighted by Crippen LogP contribution is -2.30. The number of esters is 3. The van der Waals surface area contributed by atoms with Crippen molar-refractivity contribution in [1.82, 2.24) is 0 Å². The molecule has 0 spiro atoms. The fourth-order valence-electron chi connectivity index (χ4n) is 6.80. The molecular formula is C67H100O6. The topological polar surface area (TPSA) is 78.9 Å². The highest BCUT2D eigenvalue weighted by Crippen LogP contribution is 2.11. The molecule has 0 saturated heterocycles. The molecule has 0 rings (SSSR count). The van der Waals surface area contributed by atoms with Crippen molar-refractivity contribution in [2.24, 2.45) is 0 Å². The van der Waals surface area contributed by atoms with Crippen LogP contribution in [0.5, 0.6) is 0 Å². The van der Waals surface area contributed by atoms with Gasteiger partial charge in [-0.05, 0) is 135 Å². The molecule has 0 bridgehead atoms. The molecule has 0 aliphatic heterocycles. The Balaban J connectivity index is 4.51. The van der Waals surface area contributed by atoms with Crippen LogP contribution in [0.1, 0.15) is 201 Å². The van der Waals surface area contributed by atoms with Gasteiger partial charge in [-0.2, -0.15) is 0 Å². The lowest BCUT2D eigenvalue weighted by molar-refractivity contribution is -0.166. The van der Waals surface area contributed by atoms with Gasteiger partial charge in [0.1, 0.15) is 13.2 Å². The van der Waals surface area contributed by atoms with Crippen molar-refractivity contribution in [3.05, 3.63) is 182 Å². The number of carbonyl (C=O) groups excluding carboxylic acids is 3. The van der Waals surface area contributed by atoms with Gasteiger partial charge in [0.05, 0.1) is 6.42 Å². The Morgan fingerprint density at radius 2 is 0.534 bits per heavy atom. The summed E-state index contributed by atoms with van der Waals surface area (Å²) in [6.45, 7) is 6.14. The molecule has 0 radical (unpaired) electrons. The molecule has 0 N–H and O–H groups in total. The molecule has 6 heteroatoms. The zero-order valence-corrected chi connectivity index (χ0v) is 46.1. The average Bonchev–Trinajstić information content (AvgIpc) is 3.39. The highest BCUT2D eigenvalue weighted by molar-refractivity contribution is 5.72. The number of ether oxygens (including phenoxy) is 3. The summed E-state index contributed by atoms with van der Waals surface area (Å²) in [6.07, 6.45) is 89.1. The van der Waals surface area contributed by atoms with E-state index in [1.807, 2.05) is 6.08 Å². The highest BCUT2D eigenvalue weighted by atomic mass is 16.6. The van der Waals surface area contributed by atoms with Crippen molar-refractivity contribution < 1.29 is 28.6 Å². The molecule has 0 amide bonds. The fourth-order valence-corrected chi connectivity index (χ4v) is 6.80. The third kappa shape index (κ3) is 57.3. The summed E-state index contributed by atoms with van der Waals surface area (Å²) in [4.78, 5) is 38.0. The SMILES string of the molecule is CC/C=C\C/C=C\C/C=C\C/C=C\C/C=C\C/C=C\C/C=C\CCCCCCCC(=O)OCC(COC(=O)CCCCC/C=C\C/C=C\C/C=C\CC)OC(=O)C/C=C\C/C=C\C/C=C\C/C=C\C/C=C\CC.